The smallest absolute Gasteiger partial charge is 0.270 e. The van der Waals surface area contributed by atoms with Crippen LogP contribution in [0.25, 0.3) is 0 Å². The zero-order valence-electron chi connectivity index (χ0n) is 16.4. The predicted octanol–water partition coefficient (Wildman–Crippen LogP) is 0.358. The van der Waals surface area contributed by atoms with E-state index in [0.717, 1.165) is 0 Å². The number of nitrogens with zero attached hydrogens (tertiary/aromatic N) is 3. The van der Waals surface area contributed by atoms with Gasteiger partial charge in [-0.1, -0.05) is 24.3 Å². The largest absolute Gasteiger partial charge is 0.347 e. The summed E-state index contributed by atoms with van der Waals surface area (Å²) < 4.78 is 0. The molecule has 0 radical (unpaired) electrons. The van der Waals surface area contributed by atoms with Crippen molar-refractivity contribution in [2.75, 3.05) is 6.54 Å². The number of fused-ring (bicyclic) bond motifs is 1. The van der Waals surface area contributed by atoms with Crippen LogP contribution in [-0.2, 0) is 14.4 Å². The van der Waals surface area contributed by atoms with Crippen molar-refractivity contribution >= 4 is 29.5 Å². The Bertz CT molecular complexity index is 998. The Morgan fingerprint density at radius 1 is 1.30 bits per heavy atom. The van der Waals surface area contributed by atoms with Gasteiger partial charge in [0.15, 0.2) is 0 Å². The molecule has 0 spiro atoms. The van der Waals surface area contributed by atoms with Crippen LogP contribution in [0.5, 0.6) is 0 Å². The second-order valence-electron chi connectivity index (χ2n) is 7.34. The van der Waals surface area contributed by atoms with E-state index < -0.39 is 23.9 Å². The lowest BCUT2D eigenvalue weighted by atomic mass is 9.84. The first kappa shape index (κ1) is 19.7. The second-order valence-corrected chi connectivity index (χ2v) is 7.34. The third-order valence-electron chi connectivity index (χ3n) is 5.42. The topological polar surface area (TPSA) is 121 Å². The van der Waals surface area contributed by atoms with Crippen molar-refractivity contribution in [2.45, 2.75) is 31.8 Å². The Balaban J connectivity index is 1.53. The van der Waals surface area contributed by atoms with Crippen LogP contribution in [0.1, 0.15) is 30.3 Å². The number of amidine groups is 1. The van der Waals surface area contributed by atoms with Crippen LogP contribution in [0, 0.1) is 5.92 Å². The molecule has 3 atom stereocenters. The molecule has 0 aromatic carbocycles. The fourth-order valence-electron chi connectivity index (χ4n) is 3.98. The molecule has 3 unspecified atom stereocenters. The first-order valence-corrected chi connectivity index (χ1v) is 9.73. The highest BCUT2D eigenvalue weighted by molar-refractivity contribution is 6.09. The predicted molar refractivity (Wildman–Crippen MR) is 107 cm³/mol. The summed E-state index contributed by atoms with van der Waals surface area (Å²) in [5.74, 6) is -1.61. The van der Waals surface area contributed by atoms with Gasteiger partial charge in [-0.15, -0.1) is 0 Å². The normalized spacial score (nSPS) is 25.8. The number of aliphatic imine (C=N–C) groups is 1. The van der Waals surface area contributed by atoms with Crippen molar-refractivity contribution in [1.29, 1.82) is 0 Å². The highest BCUT2D eigenvalue weighted by Crippen LogP contribution is 2.31. The lowest BCUT2D eigenvalue weighted by Gasteiger charge is -2.41. The number of rotatable bonds is 4. The number of carbonyl (C=O) groups is 4. The molecular weight excluding hydrogens is 386 g/mol. The van der Waals surface area contributed by atoms with E-state index >= 15 is 0 Å². The van der Waals surface area contributed by atoms with Gasteiger partial charge in [-0.2, -0.15) is 0 Å². The number of imide groups is 1. The van der Waals surface area contributed by atoms with Crippen molar-refractivity contribution < 1.29 is 19.2 Å². The molecule has 1 fully saturated rings. The average Bonchev–Trinajstić information content (AvgIpc) is 2.73. The number of allylic oxidation sites excluding steroid dienone is 2. The quantitative estimate of drug-likeness (QED) is 0.698. The standard InChI is InChI=1S/C21H21N5O4/c1-12-24-14-7-4-5-13(11-23-19(28)15-6-2-3-10-22-15)18(14)21(30)26(12)16-8-9-17(27)25-20(16)29/h2-7,10,14,16,18H,8-9,11H2,1H3,(H,23,28)(H,25,27,29). The summed E-state index contributed by atoms with van der Waals surface area (Å²) >= 11 is 0. The summed E-state index contributed by atoms with van der Waals surface area (Å²) in [7, 11) is 0. The summed E-state index contributed by atoms with van der Waals surface area (Å²) in [5, 5.41) is 5.09. The Kier molecular flexibility index (Phi) is 5.26. The molecule has 1 saturated heterocycles. The van der Waals surface area contributed by atoms with Crippen LogP contribution in [0.4, 0.5) is 0 Å². The van der Waals surface area contributed by atoms with Crippen molar-refractivity contribution in [2.24, 2.45) is 10.9 Å². The fourth-order valence-corrected chi connectivity index (χ4v) is 3.98. The number of pyridine rings is 1. The molecule has 9 heteroatoms. The highest BCUT2D eigenvalue weighted by Gasteiger charge is 2.44. The van der Waals surface area contributed by atoms with Gasteiger partial charge in [0.25, 0.3) is 5.91 Å². The molecule has 3 aliphatic rings. The first-order valence-electron chi connectivity index (χ1n) is 9.73. The molecule has 1 aromatic heterocycles. The SMILES string of the molecule is CC1=NC2C=CC=C(CNC(=O)c3ccccn3)C2C(=O)N1C1CCC(=O)NC1=O. The minimum absolute atomic E-state index is 0.157. The molecule has 0 saturated carbocycles. The van der Waals surface area contributed by atoms with Crippen LogP contribution in [0.2, 0.25) is 0 Å². The Morgan fingerprint density at radius 3 is 2.87 bits per heavy atom. The summed E-state index contributed by atoms with van der Waals surface area (Å²) in [6.07, 6.45) is 7.40. The number of piperidine rings is 1. The van der Waals surface area contributed by atoms with E-state index in [-0.39, 0.29) is 42.8 Å². The fraction of sp³-hybridized carbons (Fsp3) is 0.333. The maximum Gasteiger partial charge on any atom is 0.270 e. The van der Waals surface area contributed by atoms with Crippen LogP contribution >= 0.6 is 0 Å². The van der Waals surface area contributed by atoms with Crippen LogP contribution < -0.4 is 10.6 Å². The van der Waals surface area contributed by atoms with E-state index in [9.17, 15) is 19.2 Å². The number of nitrogens with one attached hydrogen (secondary N) is 2. The van der Waals surface area contributed by atoms with Crippen molar-refractivity contribution in [1.82, 2.24) is 20.5 Å². The van der Waals surface area contributed by atoms with Gasteiger partial charge in [0.1, 0.15) is 17.6 Å². The maximum absolute atomic E-state index is 13.4. The van der Waals surface area contributed by atoms with E-state index in [1.807, 2.05) is 12.2 Å². The van der Waals surface area contributed by atoms with Crippen LogP contribution in [0.3, 0.4) is 0 Å². The molecule has 4 amide bonds. The summed E-state index contributed by atoms with van der Waals surface area (Å²) in [6.45, 7) is 1.84. The van der Waals surface area contributed by atoms with Gasteiger partial charge in [0.05, 0.1) is 12.0 Å². The van der Waals surface area contributed by atoms with Crippen molar-refractivity contribution in [3.05, 3.63) is 53.9 Å². The van der Waals surface area contributed by atoms with E-state index in [2.05, 4.69) is 20.6 Å². The third-order valence-corrected chi connectivity index (χ3v) is 5.42. The van der Waals surface area contributed by atoms with E-state index in [1.54, 1.807) is 31.2 Å². The van der Waals surface area contributed by atoms with Gasteiger partial charge < -0.3 is 5.32 Å². The molecule has 2 N–H and O–H groups in total. The van der Waals surface area contributed by atoms with Crippen LogP contribution in [-0.4, -0.2) is 58.0 Å². The molecule has 4 rings (SSSR count). The number of aromatic nitrogens is 1. The third kappa shape index (κ3) is 3.66. The molecule has 0 bridgehead atoms. The molecule has 1 aliphatic carbocycles. The Labute approximate surface area is 172 Å². The molecule has 3 heterocycles. The Hall–Kier alpha value is -3.62. The minimum Gasteiger partial charge on any atom is -0.347 e. The van der Waals surface area contributed by atoms with Gasteiger partial charge in [0, 0.05) is 19.2 Å². The first-order chi connectivity index (χ1) is 14.5. The molecule has 30 heavy (non-hydrogen) atoms. The zero-order chi connectivity index (χ0) is 21.3. The second kappa shape index (κ2) is 8.02. The molecule has 154 valence electrons. The van der Waals surface area contributed by atoms with Gasteiger partial charge in [0.2, 0.25) is 17.7 Å². The highest BCUT2D eigenvalue weighted by atomic mass is 16.2. The lowest BCUT2D eigenvalue weighted by Crippen LogP contribution is -2.60. The molecule has 1 aromatic rings. The monoisotopic (exact) mass is 407 g/mol. The number of hydrogen-bond donors (Lipinski definition) is 2. The van der Waals surface area contributed by atoms with Gasteiger partial charge >= 0.3 is 0 Å². The summed E-state index contributed by atoms with van der Waals surface area (Å²) in [4.78, 5) is 59.6. The Morgan fingerprint density at radius 2 is 2.13 bits per heavy atom. The average molecular weight is 407 g/mol. The van der Waals surface area contributed by atoms with Crippen molar-refractivity contribution in [3.63, 3.8) is 0 Å². The molecule has 9 nitrogen and oxygen atoms in total. The molecule has 2 aliphatic heterocycles. The minimum atomic E-state index is -0.768. The van der Waals surface area contributed by atoms with Gasteiger partial charge in [-0.05, 0) is 31.1 Å². The van der Waals surface area contributed by atoms with E-state index in [1.165, 1.54) is 11.1 Å². The van der Waals surface area contributed by atoms with Gasteiger partial charge in [-0.25, -0.2) is 0 Å². The van der Waals surface area contributed by atoms with E-state index in [4.69, 9.17) is 0 Å². The van der Waals surface area contributed by atoms with Crippen LogP contribution in [0.15, 0.2) is 53.2 Å². The van der Waals surface area contributed by atoms with Crippen molar-refractivity contribution in [3.8, 4) is 0 Å². The zero-order valence-corrected chi connectivity index (χ0v) is 16.4. The summed E-state index contributed by atoms with van der Waals surface area (Å²) in [5.41, 5.74) is 0.986. The number of hydrogen-bond acceptors (Lipinski definition) is 6. The summed E-state index contributed by atoms with van der Waals surface area (Å²) in [6, 6.07) is 3.89. The number of amides is 4. The van der Waals surface area contributed by atoms with E-state index in [0.29, 0.717) is 11.4 Å². The molecular formula is C21H21N5O4. The van der Waals surface area contributed by atoms with Gasteiger partial charge in [-0.3, -0.25) is 39.4 Å². The number of carbonyl (C=O) groups excluding carboxylic acids is 4. The maximum atomic E-state index is 13.4. The lowest BCUT2D eigenvalue weighted by molar-refractivity contribution is -0.144.